The van der Waals surface area contributed by atoms with Crippen LogP contribution in [0.25, 0.3) is 0 Å². The fraction of sp³-hybridized carbons (Fsp3) is 0.200. The lowest BCUT2D eigenvalue weighted by Crippen LogP contribution is -2.36. The lowest BCUT2D eigenvalue weighted by atomic mass is 10.1. The summed E-state index contributed by atoms with van der Waals surface area (Å²) >= 11 is 12.2. The van der Waals surface area contributed by atoms with Crippen molar-refractivity contribution in [2.75, 3.05) is 24.0 Å². The third kappa shape index (κ3) is 5.38. The maximum atomic E-state index is 12.8. The van der Waals surface area contributed by atoms with Crippen molar-refractivity contribution in [1.82, 2.24) is 5.43 Å². The second kappa shape index (κ2) is 10.7. The van der Waals surface area contributed by atoms with Gasteiger partial charge < -0.3 is 14.4 Å². The van der Waals surface area contributed by atoms with E-state index in [1.54, 1.807) is 53.4 Å². The Hall–Kier alpha value is -3.42. The molecule has 1 heterocycles. The standard InChI is InChI=1S/C25H23Cl2N3O4/c1-33-22-8-4-7-21(24(22)34-15-16-5-2-3-6-20(16)27)28-29-25(32)17-13-23(31)30(14-17)19-11-9-18(26)10-12-19/h2-12,17,28H,13-15H2,1H3,(H,29,32)/t17-/m1/s1. The average Bonchev–Trinajstić information content (AvgIpc) is 3.24. The van der Waals surface area contributed by atoms with Gasteiger partial charge in [0.25, 0.3) is 0 Å². The van der Waals surface area contributed by atoms with Crippen LogP contribution in [0, 0.1) is 5.92 Å². The molecule has 7 nitrogen and oxygen atoms in total. The lowest BCUT2D eigenvalue weighted by Gasteiger charge is -2.19. The summed E-state index contributed by atoms with van der Waals surface area (Å²) in [4.78, 5) is 26.9. The summed E-state index contributed by atoms with van der Waals surface area (Å²) in [6.45, 7) is 0.498. The van der Waals surface area contributed by atoms with E-state index in [1.807, 2.05) is 18.2 Å². The predicted octanol–water partition coefficient (Wildman–Crippen LogP) is 5.08. The first-order chi connectivity index (χ1) is 16.5. The third-order valence-corrected chi connectivity index (χ3v) is 6.10. The third-order valence-electron chi connectivity index (χ3n) is 5.48. The van der Waals surface area contributed by atoms with E-state index in [0.29, 0.717) is 32.9 Å². The summed E-state index contributed by atoms with van der Waals surface area (Å²) in [5, 5.41) is 1.18. The number of carbonyl (C=O) groups excluding carboxylic acids is 2. The van der Waals surface area contributed by atoms with Crippen LogP contribution in [0.5, 0.6) is 11.5 Å². The number of hydrazine groups is 1. The van der Waals surface area contributed by atoms with Gasteiger partial charge in [-0.3, -0.25) is 20.4 Å². The fourth-order valence-electron chi connectivity index (χ4n) is 3.67. The van der Waals surface area contributed by atoms with Crippen molar-refractivity contribution in [3.8, 4) is 11.5 Å². The molecular weight excluding hydrogens is 477 g/mol. The van der Waals surface area contributed by atoms with Gasteiger partial charge in [-0.1, -0.05) is 47.5 Å². The number of methoxy groups -OCH3 is 1. The second-order valence-electron chi connectivity index (χ2n) is 7.71. The highest BCUT2D eigenvalue weighted by Crippen LogP contribution is 2.36. The Kier molecular flexibility index (Phi) is 7.45. The molecule has 1 fully saturated rings. The van der Waals surface area contributed by atoms with Gasteiger partial charge in [0, 0.05) is 34.3 Å². The first kappa shape index (κ1) is 23.7. The molecule has 1 aliphatic heterocycles. The molecule has 1 saturated heterocycles. The van der Waals surface area contributed by atoms with Gasteiger partial charge >= 0.3 is 0 Å². The fourth-order valence-corrected chi connectivity index (χ4v) is 3.99. The Labute approximate surface area is 207 Å². The molecule has 0 aromatic heterocycles. The number of nitrogens with one attached hydrogen (secondary N) is 2. The zero-order valence-corrected chi connectivity index (χ0v) is 19.9. The van der Waals surface area contributed by atoms with Crippen LogP contribution >= 0.6 is 23.2 Å². The topological polar surface area (TPSA) is 79.9 Å². The van der Waals surface area contributed by atoms with Crippen LogP contribution in [0.15, 0.2) is 66.7 Å². The van der Waals surface area contributed by atoms with Crippen LogP contribution in [-0.4, -0.2) is 25.5 Å². The van der Waals surface area contributed by atoms with Crippen molar-refractivity contribution in [3.63, 3.8) is 0 Å². The molecule has 0 saturated carbocycles. The van der Waals surface area contributed by atoms with Gasteiger partial charge in [0.15, 0.2) is 11.5 Å². The van der Waals surface area contributed by atoms with Crippen LogP contribution in [0.2, 0.25) is 10.0 Å². The van der Waals surface area contributed by atoms with Crippen molar-refractivity contribution < 1.29 is 19.1 Å². The van der Waals surface area contributed by atoms with Gasteiger partial charge in [-0.2, -0.15) is 0 Å². The normalized spacial score (nSPS) is 15.2. The van der Waals surface area contributed by atoms with Gasteiger partial charge in [-0.15, -0.1) is 0 Å². The predicted molar refractivity (Wildman–Crippen MR) is 132 cm³/mol. The SMILES string of the molecule is COc1cccc(NNC(=O)[C@@H]2CC(=O)N(c3ccc(Cl)cc3)C2)c1OCc1ccccc1Cl. The zero-order chi connectivity index (χ0) is 24.1. The minimum absolute atomic E-state index is 0.115. The van der Waals surface area contributed by atoms with E-state index >= 15 is 0 Å². The van der Waals surface area contributed by atoms with Crippen molar-refractivity contribution in [3.05, 3.63) is 82.3 Å². The smallest absolute Gasteiger partial charge is 0.243 e. The number of rotatable bonds is 8. The molecule has 0 radical (unpaired) electrons. The number of nitrogens with zero attached hydrogens (tertiary/aromatic N) is 1. The number of halogens is 2. The van der Waals surface area contributed by atoms with E-state index in [2.05, 4.69) is 10.9 Å². The minimum atomic E-state index is -0.506. The molecule has 0 bridgehead atoms. The number of benzene rings is 3. The number of carbonyl (C=O) groups is 2. The molecule has 34 heavy (non-hydrogen) atoms. The summed E-state index contributed by atoms with van der Waals surface area (Å²) < 4.78 is 11.4. The second-order valence-corrected chi connectivity index (χ2v) is 8.56. The van der Waals surface area contributed by atoms with Gasteiger partial charge in [0.2, 0.25) is 11.8 Å². The van der Waals surface area contributed by atoms with Crippen LogP contribution in [0.1, 0.15) is 12.0 Å². The molecule has 0 unspecified atom stereocenters. The Morgan fingerprint density at radius 3 is 2.56 bits per heavy atom. The van der Waals surface area contributed by atoms with E-state index in [-0.39, 0.29) is 31.4 Å². The lowest BCUT2D eigenvalue weighted by molar-refractivity contribution is -0.125. The molecule has 176 valence electrons. The van der Waals surface area contributed by atoms with E-state index in [4.69, 9.17) is 32.7 Å². The molecule has 1 atom stereocenters. The quantitative estimate of drug-likeness (QED) is 0.422. The minimum Gasteiger partial charge on any atom is -0.493 e. The van der Waals surface area contributed by atoms with Crippen LogP contribution in [0.3, 0.4) is 0 Å². The molecule has 0 spiro atoms. The molecule has 9 heteroatoms. The number of amides is 2. The first-order valence-electron chi connectivity index (χ1n) is 10.6. The number of hydrogen-bond donors (Lipinski definition) is 2. The highest BCUT2D eigenvalue weighted by molar-refractivity contribution is 6.31. The summed E-state index contributed by atoms with van der Waals surface area (Å²) in [7, 11) is 1.54. The van der Waals surface area contributed by atoms with Gasteiger partial charge in [0.1, 0.15) is 6.61 Å². The first-order valence-corrected chi connectivity index (χ1v) is 11.4. The maximum Gasteiger partial charge on any atom is 0.243 e. The number of ether oxygens (including phenoxy) is 2. The molecule has 4 rings (SSSR count). The largest absolute Gasteiger partial charge is 0.493 e. The maximum absolute atomic E-state index is 12.8. The number of anilines is 2. The van der Waals surface area contributed by atoms with E-state index in [9.17, 15) is 9.59 Å². The van der Waals surface area contributed by atoms with E-state index in [0.717, 1.165) is 5.56 Å². The molecular formula is C25H23Cl2N3O4. The molecule has 0 aliphatic carbocycles. The Morgan fingerprint density at radius 2 is 1.82 bits per heavy atom. The highest BCUT2D eigenvalue weighted by Gasteiger charge is 2.35. The van der Waals surface area contributed by atoms with Crippen molar-refractivity contribution in [2.24, 2.45) is 5.92 Å². The van der Waals surface area contributed by atoms with Crippen molar-refractivity contribution in [1.29, 1.82) is 0 Å². The Morgan fingerprint density at radius 1 is 1.06 bits per heavy atom. The van der Waals surface area contributed by atoms with Crippen LogP contribution < -0.4 is 25.2 Å². The number of para-hydroxylation sites is 1. The monoisotopic (exact) mass is 499 g/mol. The molecule has 2 N–H and O–H groups in total. The summed E-state index contributed by atoms with van der Waals surface area (Å²) in [5.74, 6) is -0.00199. The van der Waals surface area contributed by atoms with Crippen molar-refractivity contribution >= 4 is 46.4 Å². The molecule has 1 aliphatic rings. The molecule has 3 aromatic carbocycles. The molecule has 3 aromatic rings. The van der Waals surface area contributed by atoms with Crippen molar-refractivity contribution in [2.45, 2.75) is 13.0 Å². The van der Waals surface area contributed by atoms with E-state index in [1.165, 1.54) is 7.11 Å². The van der Waals surface area contributed by atoms with E-state index < -0.39 is 5.92 Å². The van der Waals surface area contributed by atoms with Crippen LogP contribution in [0.4, 0.5) is 11.4 Å². The highest BCUT2D eigenvalue weighted by atomic mass is 35.5. The molecule has 2 amide bonds. The zero-order valence-electron chi connectivity index (χ0n) is 18.4. The Bertz CT molecular complexity index is 1190. The van der Waals surface area contributed by atoms with Gasteiger partial charge in [-0.25, -0.2) is 0 Å². The Balaban J connectivity index is 1.42. The summed E-state index contributed by atoms with van der Waals surface area (Å²) in [5.41, 5.74) is 7.64. The van der Waals surface area contributed by atoms with Gasteiger partial charge in [0.05, 0.1) is 18.7 Å². The van der Waals surface area contributed by atoms with Crippen LogP contribution in [-0.2, 0) is 16.2 Å². The summed E-state index contributed by atoms with van der Waals surface area (Å²) in [6.07, 6.45) is 0.115. The van der Waals surface area contributed by atoms with Gasteiger partial charge in [-0.05, 0) is 42.5 Å². The average molecular weight is 500 g/mol. The summed E-state index contributed by atoms with van der Waals surface area (Å²) in [6, 6.07) is 19.6. The number of hydrogen-bond acceptors (Lipinski definition) is 5.